The second-order valence-electron chi connectivity index (χ2n) is 4.41. The lowest BCUT2D eigenvalue weighted by Crippen LogP contribution is -2.41. The van der Waals surface area contributed by atoms with Crippen LogP contribution in [-0.2, 0) is 0 Å². The Morgan fingerprint density at radius 1 is 1.58 bits per heavy atom. The van der Waals surface area contributed by atoms with Crippen molar-refractivity contribution in [1.29, 1.82) is 5.26 Å². The minimum absolute atomic E-state index is 0.204. The van der Waals surface area contributed by atoms with Gasteiger partial charge < -0.3 is 0 Å². The van der Waals surface area contributed by atoms with Crippen molar-refractivity contribution >= 4 is 0 Å². The fourth-order valence-electron chi connectivity index (χ4n) is 2.16. The molecule has 0 aromatic heterocycles. The zero-order chi connectivity index (χ0) is 9.35. The summed E-state index contributed by atoms with van der Waals surface area (Å²) in [7, 11) is 2.15. The van der Waals surface area contributed by atoms with Crippen molar-refractivity contribution in [2.24, 2.45) is 5.92 Å². The molecule has 0 spiro atoms. The van der Waals surface area contributed by atoms with Crippen LogP contribution in [-0.4, -0.2) is 23.5 Å². The highest BCUT2D eigenvalue weighted by molar-refractivity contribution is 5.00. The number of hydrogen-bond donors (Lipinski definition) is 0. The van der Waals surface area contributed by atoms with Crippen LogP contribution < -0.4 is 0 Å². The van der Waals surface area contributed by atoms with E-state index in [1.165, 1.54) is 0 Å². The summed E-state index contributed by atoms with van der Waals surface area (Å²) < 4.78 is 0. The number of nitriles is 1. The van der Waals surface area contributed by atoms with Gasteiger partial charge >= 0.3 is 0 Å². The van der Waals surface area contributed by atoms with Gasteiger partial charge in [-0.3, -0.25) is 4.90 Å². The highest BCUT2D eigenvalue weighted by atomic mass is 15.2. The van der Waals surface area contributed by atoms with Gasteiger partial charge in [0.1, 0.15) is 0 Å². The number of rotatable bonds is 1. The number of nitrogens with zero attached hydrogens (tertiary/aromatic N) is 2. The van der Waals surface area contributed by atoms with E-state index < -0.39 is 0 Å². The van der Waals surface area contributed by atoms with E-state index in [0.717, 1.165) is 6.42 Å². The Balaban J connectivity index is 2.74. The molecule has 1 aliphatic rings. The van der Waals surface area contributed by atoms with E-state index in [1.807, 2.05) is 0 Å². The summed E-state index contributed by atoms with van der Waals surface area (Å²) >= 11 is 0. The monoisotopic (exact) mass is 166 g/mol. The predicted octanol–water partition coefficient (Wildman–Crippen LogP) is 2.02. The van der Waals surface area contributed by atoms with E-state index in [9.17, 15) is 0 Å². The lowest BCUT2D eigenvalue weighted by molar-refractivity contribution is 0.148. The summed E-state index contributed by atoms with van der Waals surface area (Å²) in [5, 5.41) is 8.66. The number of hydrogen-bond acceptors (Lipinski definition) is 2. The fourth-order valence-corrected chi connectivity index (χ4v) is 2.16. The molecule has 0 aliphatic carbocycles. The molecule has 0 aromatic rings. The molecule has 2 unspecified atom stereocenters. The summed E-state index contributed by atoms with van der Waals surface area (Å²) in [5.74, 6) is 0.544. The summed E-state index contributed by atoms with van der Waals surface area (Å²) in [6.07, 6.45) is 1.86. The van der Waals surface area contributed by atoms with Crippen LogP contribution >= 0.6 is 0 Å². The fraction of sp³-hybridized carbons (Fsp3) is 0.900. The standard InChI is InChI=1S/C10H18N2/c1-8-7-9(5-6-11)10(2,3)12(8)4/h8-9H,5,7H2,1-4H3. The van der Waals surface area contributed by atoms with E-state index in [4.69, 9.17) is 5.26 Å². The average Bonchev–Trinajstić information content (AvgIpc) is 2.17. The molecule has 1 aliphatic heterocycles. The number of likely N-dealkylation sites (tertiary alicyclic amines) is 1. The van der Waals surface area contributed by atoms with Crippen molar-refractivity contribution in [3.63, 3.8) is 0 Å². The van der Waals surface area contributed by atoms with E-state index >= 15 is 0 Å². The van der Waals surface area contributed by atoms with Gasteiger partial charge in [-0.2, -0.15) is 5.26 Å². The Kier molecular flexibility index (Phi) is 2.44. The third-order valence-corrected chi connectivity index (χ3v) is 3.53. The molecule has 0 aromatic carbocycles. The van der Waals surface area contributed by atoms with Gasteiger partial charge in [-0.1, -0.05) is 0 Å². The van der Waals surface area contributed by atoms with E-state index in [1.54, 1.807) is 0 Å². The molecule has 0 radical (unpaired) electrons. The zero-order valence-electron chi connectivity index (χ0n) is 8.46. The summed E-state index contributed by atoms with van der Waals surface area (Å²) in [4.78, 5) is 2.38. The third kappa shape index (κ3) is 1.34. The SMILES string of the molecule is CC1CC(CC#N)C(C)(C)N1C. The van der Waals surface area contributed by atoms with Gasteiger partial charge in [0, 0.05) is 18.0 Å². The topological polar surface area (TPSA) is 27.0 Å². The zero-order valence-corrected chi connectivity index (χ0v) is 8.46. The smallest absolute Gasteiger partial charge is 0.0625 e. The van der Waals surface area contributed by atoms with E-state index in [2.05, 4.69) is 38.8 Å². The van der Waals surface area contributed by atoms with Gasteiger partial charge in [0.15, 0.2) is 0 Å². The van der Waals surface area contributed by atoms with Crippen LogP contribution in [0.3, 0.4) is 0 Å². The van der Waals surface area contributed by atoms with Gasteiger partial charge in [0.2, 0.25) is 0 Å². The maximum atomic E-state index is 8.66. The van der Waals surface area contributed by atoms with Crippen LogP contribution in [0.15, 0.2) is 0 Å². The predicted molar refractivity (Wildman–Crippen MR) is 49.6 cm³/mol. The Morgan fingerprint density at radius 2 is 2.17 bits per heavy atom. The maximum Gasteiger partial charge on any atom is 0.0625 e. The molecule has 1 saturated heterocycles. The second-order valence-corrected chi connectivity index (χ2v) is 4.41. The van der Waals surface area contributed by atoms with Crippen LogP contribution in [0.5, 0.6) is 0 Å². The Morgan fingerprint density at radius 3 is 2.50 bits per heavy atom. The summed E-state index contributed by atoms with van der Waals surface area (Å²) in [6.45, 7) is 6.70. The lowest BCUT2D eigenvalue weighted by atomic mass is 9.86. The highest BCUT2D eigenvalue weighted by Gasteiger charge is 2.42. The van der Waals surface area contributed by atoms with Gasteiger partial charge in [-0.05, 0) is 40.2 Å². The quantitative estimate of drug-likeness (QED) is 0.596. The van der Waals surface area contributed by atoms with Crippen molar-refractivity contribution in [2.45, 2.75) is 45.2 Å². The average molecular weight is 166 g/mol. The highest BCUT2D eigenvalue weighted by Crippen LogP contribution is 2.38. The summed E-state index contributed by atoms with van der Waals surface area (Å²) in [6, 6.07) is 2.90. The third-order valence-electron chi connectivity index (χ3n) is 3.53. The second kappa shape index (κ2) is 3.06. The normalized spacial score (nSPS) is 34.9. The van der Waals surface area contributed by atoms with Gasteiger partial charge in [0.05, 0.1) is 6.07 Å². The largest absolute Gasteiger partial charge is 0.298 e. The van der Waals surface area contributed by atoms with Crippen LogP contribution in [0, 0.1) is 17.2 Å². The van der Waals surface area contributed by atoms with E-state index in [0.29, 0.717) is 18.4 Å². The van der Waals surface area contributed by atoms with Gasteiger partial charge in [-0.15, -0.1) is 0 Å². The molecule has 0 bridgehead atoms. The molecule has 2 atom stereocenters. The minimum Gasteiger partial charge on any atom is -0.298 e. The molecular formula is C10H18N2. The molecule has 0 saturated carbocycles. The molecule has 1 rings (SSSR count). The molecule has 1 fully saturated rings. The Bertz CT molecular complexity index is 202. The molecule has 0 N–H and O–H groups in total. The van der Waals surface area contributed by atoms with Crippen LogP contribution in [0.4, 0.5) is 0 Å². The van der Waals surface area contributed by atoms with Crippen LogP contribution in [0.1, 0.15) is 33.6 Å². The van der Waals surface area contributed by atoms with Gasteiger partial charge in [-0.25, -0.2) is 0 Å². The van der Waals surface area contributed by atoms with Crippen molar-refractivity contribution in [3.8, 4) is 6.07 Å². The first-order valence-electron chi connectivity index (χ1n) is 4.60. The van der Waals surface area contributed by atoms with Crippen LogP contribution in [0.2, 0.25) is 0 Å². The van der Waals surface area contributed by atoms with E-state index in [-0.39, 0.29) is 5.54 Å². The maximum absolute atomic E-state index is 8.66. The van der Waals surface area contributed by atoms with Crippen molar-refractivity contribution in [3.05, 3.63) is 0 Å². The van der Waals surface area contributed by atoms with Gasteiger partial charge in [0.25, 0.3) is 0 Å². The molecular weight excluding hydrogens is 148 g/mol. The molecule has 2 heteroatoms. The Labute approximate surface area is 75.2 Å². The van der Waals surface area contributed by atoms with Crippen molar-refractivity contribution < 1.29 is 0 Å². The Hall–Kier alpha value is -0.550. The van der Waals surface area contributed by atoms with Crippen molar-refractivity contribution in [1.82, 2.24) is 4.90 Å². The molecule has 12 heavy (non-hydrogen) atoms. The van der Waals surface area contributed by atoms with Crippen molar-refractivity contribution in [2.75, 3.05) is 7.05 Å². The first-order valence-corrected chi connectivity index (χ1v) is 4.60. The van der Waals surface area contributed by atoms with Crippen LogP contribution in [0.25, 0.3) is 0 Å². The lowest BCUT2D eigenvalue weighted by Gasteiger charge is -2.33. The molecule has 2 nitrogen and oxygen atoms in total. The molecule has 1 heterocycles. The summed E-state index contributed by atoms with van der Waals surface area (Å²) in [5.41, 5.74) is 0.204. The minimum atomic E-state index is 0.204. The first kappa shape index (κ1) is 9.54. The molecule has 0 amide bonds. The molecule has 68 valence electrons. The first-order chi connectivity index (χ1) is 5.50.